The summed E-state index contributed by atoms with van der Waals surface area (Å²) in [6.45, 7) is 1.79. The van der Waals surface area contributed by atoms with Crippen molar-refractivity contribution >= 4 is 21.6 Å². The molecule has 0 unspecified atom stereocenters. The van der Waals surface area contributed by atoms with Gasteiger partial charge in [-0.2, -0.15) is 0 Å². The van der Waals surface area contributed by atoms with Gasteiger partial charge in [0.2, 0.25) is 10.0 Å². The van der Waals surface area contributed by atoms with E-state index < -0.39 is 10.0 Å². The van der Waals surface area contributed by atoms with Gasteiger partial charge in [-0.1, -0.05) is 17.7 Å². The molecule has 0 aliphatic rings. The number of sulfonamides is 1. The summed E-state index contributed by atoms with van der Waals surface area (Å²) in [7, 11) is -3.72. The third kappa shape index (κ3) is 3.48. The summed E-state index contributed by atoms with van der Waals surface area (Å²) < 4.78 is 32.7. The number of hydrogen-bond acceptors (Lipinski definition) is 5. The van der Waals surface area contributed by atoms with E-state index in [1.807, 2.05) is 0 Å². The van der Waals surface area contributed by atoms with E-state index in [4.69, 9.17) is 16.0 Å². The van der Waals surface area contributed by atoms with Crippen molar-refractivity contribution in [3.63, 3.8) is 0 Å². The largest absolute Gasteiger partial charge is 0.463 e. The van der Waals surface area contributed by atoms with Crippen molar-refractivity contribution < 1.29 is 12.8 Å². The molecule has 3 aromatic rings. The summed E-state index contributed by atoms with van der Waals surface area (Å²) >= 11 is 6.00. The normalized spacial score (nSPS) is 11.6. The van der Waals surface area contributed by atoms with E-state index in [-0.39, 0.29) is 11.4 Å². The quantitative estimate of drug-likeness (QED) is 0.752. The van der Waals surface area contributed by atoms with Gasteiger partial charge in [-0.25, -0.2) is 18.1 Å². The lowest BCUT2D eigenvalue weighted by atomic mass is 10.2. The molecule has 0 amide bonds. The molecule has 0 aliphatic heterocycles. The molecule has 0 fully saturated rings. The molecule has 2 heterocycles. The Morgan fingerprint density at radius 1 is 1.21 bits per heavy atom. The Hall–Kier alpha value is -2.22. The van der Waals surface area contributed by atoms with Crippen LogP contribution in [0.1, 0.15) is 11.3 Å². The monoisotopic (exact) mass is 363 g/mol. The summed E-state index contributed by atoms with van der Waals surface area (Å²) in [4.78, 5) is 8.49. The lowest BCUT2D eigenvalue weighted by Gasteiger charge is -2.09. The fourth-order valence-electron chi connectivity index (χ4n) is 2.10. The number of halogens is 1. The van der Waals surface area contributed by atoms with Crippen LogP contribution in [-0.4, -0.2) is 18.4 Å². The Morgan fingerprint density at radius 3 is 2.71 bits per heavy atom. The van der Waals surface area contributed by atoms with Crippen molar-refractivity contribution in [1.82, 2.24) is 14.7 Å². The molecule has 3 rings (SSSR count). The van der Waals surface area contributed by atoms with E-state index >= 15 is 0 Å². The van der Waals surface area contributed by atoms with Crippen LogP contribution in [0.15, 0.2) is 58.3 Å². The van der Waals surface area contributed by atoms with E-state index in [0.717, 1.165) is 5.56 Å². The van der Waals surface area contributed by atoms with Gasteiger partial charge in [0.15, 0.2) is 5.76 Å². The van der Waals surface area contributed by atoms with Gasteiger partial charge in [0.05, 0.1) is 23.4 Å². The first-order chi connectivity index (χ1) is 11.5. The van der Waals surface area contributed by atoms with Crippen molar-refractivity contribution in [2.45, 2.75) is 18.4 Å². The van der Waals surface area contributed by atoms with Crippen molar-refractivity contribution in [3.05, 3.63) is 65.3 Å². The predicted molar refractivity (Wildman–Crippen MR) is 89.9 cm³/mol. The Bertz CT molecular complexity index is 956. The second-order valence-electron chi connectivity index (χ2n) is 5.06. The zero-order valence-electron chi connectivity index (χ0n) is 12.7. The van der Waals surface area contributed by atoms with Gasteiger partial charge in [-0.05, 0) is 36.8 Å². The van der Waals surface area contributed by atoms with Crippen molar-refractivity contribution in [1.29, 1.82) is 0 Å². The first-order valence-corrected chi connectivity index (χ1v) is 8.93. The summed E-state index contributed by atoms with van der Waals surface area (Å²) in [5.41, 5.74) is 1.77. The van der Waals surface area contributed by atoms with Crippen LogP contribution in [0, 0.1) is 6.92 Å². The highest BCUT2D eigenvalue weighted by Gasteiger charge is 2.17. The zero-order chi connectivity index (χ0) is 17.2. The van der Waals surface area contributed by atoms with Crippen molar-refractivity contribution in [2.75, 3.05) is 0 Å². The van der Waals surface area contributed by atoms with E-state index in [9.17, 15) is 8.42 Å². The molecule has 124 valence electrons. The predicted octanol–water partition coefficient (Wildman–Crippen LogP) is 3.18. The third-order valence-electron chi connectivity index (χ3n) is 3.41. The SMILES string of the molecule is Cc1ccc(S(=O)(=O)NCc2nccnc2-c2ccco2)cc1Cl. The highest BCUT2D eigenvalue weighted by atomic mass is 35.5. The molecule has 0 aliphatic carbocycles. The van der Waals surface area contributed by atoms with Crippen LogP contribution in [0.4, 0.5) is 0 Å². The van der Waals surface area contributed by atoms with Gasteiger partial charge < -0.3 is 4.42 Å². The van der Waals surface area contributed by atoms with Crippen molar-refractivity contribution in [2.24, 2.45) is 0 Å². The maximum absolute atomic E-state index is 12.4. The van der Waals surface area contributed by atoms with Crippen LogP contribution < -0.4 is 4.72 Å². The third-order valence-corrected chi connectivity index (χ3v) is 5.22. The number of rotatable bonds is 5. The number of furan rings is 1. The number of aromatic nitrogens is 2. The molecule has 2 aromatic heterocycles. The minimum absolute atomic E-state index is 0.0162. The molecule has 0 saturated carbocycles. The van der Waals surface area contributed by atoms with Gasteiger partial charge in [0.25, 0.3) is 0 Å². The van der Waals surface area contributed by atoms with E-state index in [1.54, 1.807) is 25.1 Å². The molecule has 0 bridgehead atoms. The summed E-state index contributed by atoms with van der Waals surface area (Å²) in [6, 6.07) is 8.05. The average molecular weight is 364 g/mol. The Kier molecular flexibility index (Phi) is 4.66. The van der Waals surface area contributed by atoms with Gasteiger partial charge in [0.1, 0.15) is 5.69 Å². The Labute approximate surface area is 144 Å². The minimum atomic E-state index is -3.72. The minimum Gasteiger partial charge on any atom is -0.463 e. The van der Waals surface area contributed by atoms with E-state index in [2.05, 4.69) is 14.7 Å². The van der Waals surface area contributed by atoms with E-state index in [1.165, 1.54) is 30.8 Å². The summed E-state index contributed by atoms with van der Waals surface area (Å²) in [5, 5.41) is 0.397. The molecular formula is C16H14ClN3O3S. The number of nitrogens with one attached hydrogen (secondary N) is 1. The van der Waals surface area contributed by atoms with Gasteiger partial charge in [-0.3, -0.25) is 4.98 Å². The number of benzene rings is 1. The smallest absolute Gasteiger partial charge is 0.240 e. The first-order valence-electron chi connectivity index (χ1n) is 7.07. The standard InChI is InChI=1S/C16H14ClN3O3S/c1-11-4-5-12(9-13(11)17)24(21,22)20-10-14-16(19-7-6-18-14)15-3-2-8-23-15/h2-9,20H,10H2,1H3. The molecule has 6 nitrogen and oxygen atoms in total. The number of aryl methyl sites for hydroxylation is 1. The van der Waals surface area contributed by atoms with Crippen LogP contribution in [0.25, 0.3) is 11.5 Å². The second kappa shape index (κ2) is 6.72. The topological polar surface area (TPSA) is 85.1 Å². The molecule has 0 atom stereocenters. The van der Waals surface area contributed by atoms with Gasteiger partial charge >= 0.3 is 0 Å². The first kappa shape index (κ1) is 16.6. The zero-order valence-corrected chi connectivity index (χ0v) is 14.3. The molecule has 0 spiro atoms. The highest BCUT2D eigenvalue weighted by Crippen LogP contribution is 2.22. The van der Waals surface area contributed by atoms with Gasteiger partial charge in [0, 0.05) is 17.4 Å². The number of hydrogen-bond donors (Lipinski definition) is 1. The fraction of sp³-hybridized carbons (Fsp3) is 0.125. The lowest BCUT2D eigenvalue weighted by molar-refractivity contribution is 0.573. The molecule has 1 aromatic carbocycles. The van der Waals surface area contributed by atoms with E-state index in [0.29, 0.717) is 22.2 Å². The molecule has 0 radical (unpaired) electrons. The fourth-order valence-corrected chi connectivity index (χ4v) is 3.36. The second-order valence-corrected chi connectivity index (χ2v) is 7.24. The highest BCUT2D eigenvalue weighted by molar-refractivity contribution is 7.89. The van der Waals surface area contributed by atoms with Crippen LogP contribution in [0.5, 0.6) is 0 Å². The van der Waals surface area contributed by atoms with Crippen LogP contribution in [-0.2, 0) is 16.6 Å². The Morgan fingerprint density at radius 2 is 2.00 bits per heavy atom. The maximum atomic E-state index is 12.4. The van der Waals surface area contributed by atoms with Gasteiger partial charge in [-0.15, -0.1) is 0 Å². The van der Waals surface area contributed by atoms with Crippen molar-refractivity contribution in [3.8, 4) is 11.5 Å². The van der Waals surface area contributed by atoms with Crippen LogP contribution >= 0.6 is 11.6 Å². The molecule has 24 heavy (non-hydrogen) atoms. The average Bonchev–Trinajstić information content (AvgIpc) is 3.10. The Balaban J connectivity index is 1.84. The van der Waals surface area contributed by atoms with Crippen LogP contribution in [0.3, 0.4) is 0 Å². The molecule has 8 heteroatoms. The summed E-state index contributed by atoms with van der Waals surface area (Å²) in [5.74, 6) is 0.524. The summed E-state index contributed by atoms with van der Waals surface area (Å²) in [6.07, 6.45) is 4.54. The number of nitrogens with zero attached hydrogens (tertiary/aromatic N) is 2. The van der Waals surface area contributed by atoms with Crippen LogP contribution in [0.2, 0.25) is 5.02 Å². The molecule has 0 saturated heterocycles. The lowest BCUT2D eigenvalue weighted by Crippen LogP contribution is -2.24. The molecular weight excluding hydrogens is 350 g/mol. The molecule has 1 N–H and O–H groups in total. The maximum Gasteiger partial charge on any atom is 0.240 e.